The first kappa shape index (κ1) is 19.8. The number of amides is 1. The van der Waals surface area contributed by atoms with Crippen molar-refractivity contribution < 1.29 is 19.0 Å². The highest BCUT2D eigenvalue weighted by atomic mass is 19.1. The number of pyridine rings is 1. The molecule has 0 aliphatic carbocycles. The van der Waals surface area contributed by atoms with E-state index in [1.165, 1.54) is 13.2 Å². The number of primary amides is 1. The summed E-state index contributed by atoms with van der Waals surface area (Å²) in [6.45, 7) is 3.59. The number of nitrogens with zero attached hydrogens (tertiary/aromatic N) is 1. The minimum absolute atomic E-state index is 0.198. The van der Waals surface area contributed by atoms with Crippen LogP contribution in [0.15, 0.2) is 48.5 Å². The number of ether oxygens (including phenoxy) is 1. The lowest BCUT2D eigenvalue weighted by Crippen LogP contribution is -2.37. The van der Waals surface area contributed by atoms with Crippen molar-refractivity contribution in [3.63, 3.8) is 0 Å². The zero-order valence-corrected chi connectivity index (χ0v) is 16.1. The van der Waals surface area contributed by atoms with Gasteiger partial charge in [0.2, 0.25) is 11.8 Å². The van der Waals surface area contributed by atoms with Crippen LogP contribution in [0.2, 0.25) is 0 Å². The molecule has 0 radical (unpaired) electrons. The highest BCUT2D eigenvalue weighted by Gasteiger charge is 2.38. The Kier molecular flexibility index (Phi) is 5.34. The van der Waals surface area contributed by atoms with E-state index in [4.69, 9.17) is 10.5 Å². The van der Waals surface area contributed by atoms with Gasteiger partial charge in [-0.15, -0.1) is 0 Å². The fourth-order valence-corrected chi connectivity index (χ4v) is 3.36. The number of fused-ring (bicyclic) bond motifs is 1. The Morgan fingerprint density at radius 1 is 1.25 bits per heavy atom. The van der Waals surface area contributed by atoms with Crippen molar-refractivity contribution in [2.45, 2.75) is 25.9 Å². The van der Waals surface area contributed by atoms with Crippen LogP contribution in [-0.2, 0) is 10.4 Å². The zero-order valence-electron chi connectivity index (χ0n) is 16.1. The van der Waals surface area contributed by atoms with Gasteiger partial charge < -0.3 is 15.6 Å². The Balaban J connectivity index is 2.11. The number of aromatic nitrogens is 1. The molecule has 1 amide bonds. The van der Waals surface area contributed by atoms with Crippen LogP contribution in [0.4, 0.5) is 4.39 Å². The van der Waals surface area contributed by atoms with Crippen LogP contribution in [-0.4, -0.2) is 23.1 Å². The van der Waals surface area contributed by atoms with Crippen LogP contribution in [0.3, 0.4) is 0 Å². The van der Waals surface area contributed by atoms with Crippen LogP contribution >= 0.6 is 0 Å². The van der Waals surface area contributed by atoms with Gasteiger partial charge in [0.05, 0.1) is 19.2 Å². The van der Waals surface area contributed by atoms with Gasteiger partial charge in [-0.1, -0.05) is 38.1 Å². The van der Waals surface area contributed by atoms with Crippen molar-refractivity contribution in [3.05, 3.63) is 59.9 Å². The topological polar surface area (TPSA) is 85.4 Å². The van der Waals surface area contributed by atoms with E-state index in [0.717, 1.165) is 5.39 Å². The molecule has 2 aromatic carbocycles. The average Bonchev–Trinajstić information content (AvgIpc) is 2.66. The van der Waals surface area contributed by atoms with Crippen molar-refractivity contribution in [2.75, 3.05) is 7.11 Å². The molecular formula is C22H23FN2O3. The smallest absolute Gasteiger partial charge is 0.220 e. The van der Waals surface area contributed by atoms with Crippen LogP contribution in [0.1, 0.15) is 25.8 Å². The third-order valence-corrected chi connectivity index (χ3v) is 5.04. The summed E-state index contributed by atoms with van der Waals surface area (Å²) in [5.74, 6) is -1.02. The van der Waals surface area contributed by atoms with E-state index in [1.54, 1.807) is 38.1 Å². The molecule has 0 saturated heterocycles. The first-order valence-corrected chi connectivity index (χ1v) is 9.01. The minimum atomic E-state index is -1.50. The standard InChI is InChI=1S/C22H23FN2O3/c1-13(2)22(27,12-20(24)26)17-9-10-19(25-21(17)28-3)15-8-7-14-5-4-6-18(23)16(14)11-15/h4-11,13,27H,12H2,1-3H3,(H2,24,26). The molecule has 0 saturated carbocycles. The molecular weight excluding hydrogens is 359 g/mol. The number of rotatable bonds is 6. The van der Waals surface area contributed by atoms with E-state index < -0.39 is 11.5 Å². The molecule has 28 heavy (non-hydrogen) atoms. The highest BCUT2D eigenvalue weighted by molar-refractivity contribution is 5.87. The number of carbonyl (C=O) groups is 1. The van der Waals surface area contributed by atoms with Gasteiger partial charge in [0.15, 0.2) is 0 Å². The number of nitrogens with two attached hydrogens (primary N) is 1. The minimum Gasteiger partial charge on any atom is -0.481 e. The molecule has 5 nitrogen and oxygen atoms in total. The van der Waals surface area contributed by atoms with Crippen molar-refractivity contribution in [2.24, 2.45) is 11.7 Å². The number of hydrogen-bond acceptors (Lipinski definition) is 4. The van der Waals surface area contributed by atoms with Gasteiger partial charge in [0, 0.05) is 16.5 Å². The van der Waals surface area contributed by atoms with E-state index in [9.17, 15) is 14.3 Å². The van der Waals surface area contributed by atoms with Crippen LogP contribution in [0.5, 0.6) is 5.88 Å². The second-order valence-corrected chi connectivity index (χ2v) is 7.15. The Hall–Kier alpha value is -2.99. The van der Waals surface area contributed by atoms with Crippen molar-refractivity contribution in [3.8, 4) is 17.1 Å². The van der Waals surface area contributed by atoms with Crippen LogP contribution in [0, 0.1) is 11.7 Å². The Bertz CT molecular complexity index is 1040. The molecule has 1 heterocycles. The lowest BCUT2D eigenvalue weighted by Gasteiger charge is -2.32. The lowest BCUT2D eigenvalue weighted by atomic mass is 9.80. The van der Waals surface area contributed by atoms with E-state index in [0.29, 0.717) is 22.2 Å². The Labute approximate surface area is 163 Å². The predicted molar refractivity (Wildman–Crippen MR) is 106 cm³/mol. The number of aliphatic hydroxyl groups is 1. The van der Waals surface area contributed by atoms with Gasteiger partial charge in [0.1, 0.15) is 11.4 Å². The summed E-state index contributed by atoms with van der Waals surface area (Å²) >= 11 is 0. The van der Waals surface area contributed by atoms with E-state index in [1.807, 2.05) is 18.2 Å². The molecule has 0 fully saturated rings. The van der Waals surface area contributed by atoms with Gasteiger partial charge >= 0.3 is 0 Å². The van der Waals surface area contributed by atoms with Gasteiger partial charge in [0.25, 0.3) is 0 Å². The molecule has 0 aliphatic rings. The third kappa shape index (κ3) is 3.55. The molecule has 6 heteroatoms. The molecule has 3 aromatic rings. The molecule has 3 N–H and O–H groups in total. The van der Waals surface area contributed by atoms with Crippen molar-refractivity contribution in [1.29, 1.82) is 0 Å². The maximum Gasteiger partial charge on any atom is 0.220 e. The normalized spacial score (nSPS) is 13.5. The van der Waals surface area contributed by atoms with Crippen molar-refractivity contribution in [1.82, 2.24) is 4.98 Å². The third-order valence-electron chi connectivity index (χ3n) is 5.04. The lowest BCUT2D eigenvalue weighted by molar-refractivity contribution is -0.125. The summed E-state index contributed by atoms with van der Waals surface area (Å²) < 4.78 is 19.5. The molecule has 1 unspecified atom stereocenters. The molecule has 0 aliphatic heterocycles. The van der Waals surface area contributed by atoms with Gasteiger partial charge in [-0.3, -0.25) is 4.79 Å². The fourth-order valence-electron chi connectivity index (χ4n) is 3.36. The molecule has 0 spiro atoms. The number of hydrogen-bond donors (Lipinski definition) is 2. The summed E-state index contributed by atoms with van der Waals surface area (Å²) in [4.78, 5) is 16.0. The number of methoxy groups -OCH3 is 1. The second-order valence-electron chi connectivity index (χ2n) is 7.15. The molecule has 0 bridgehead atoms. The Morgan fingerprint density at radius 2 is 2.00 bits per heavy atom. The summed E-state index contributed by atoms with van der Waals surface area (Å²) in [5, 5.41) is 12.4. The molecule has 1 atom stereocenters. The quantitative estimate of drug-likeness (QED) is 0.680. The number of halogens is 1. The van der Waals surface area contributed by atoms with Gasteiger partial charge in [-0.05, 0) is 35.6 Å². The van der Waals surface area contributed by atoms with Gasteiger partial charge in [-0.2, -0.15) is 0 Å². The maximum atomic E-state index is 14.1. The Morgan fingerprint density at radius 3 is 2.64 bits per heavy atom. The number of benzene rings is 2. The molecule has 146 valence electrons. The average molecular weight is 382 g/mol. The second kappa shape index (κ2) is 7.56. The zero-order chi connectivity index (χ0) is 20.5. The summed E-state index contributed by atoms with van der Waals surface area (Å²) in [7, 11) is 1.45. The number of carbonyl (C=O) groups excluding carboxylic acids is 1. The monoisotopic (exact) mass is 382 g/mol. The fraction of sp³-hybridized carbons (Fsp3) is 0.273. The summed E-state index contributed by atoms with van der Waals surface area (Å²) in [6, 6.07) is 13.7. The maximum absolute atomic E-state index is 14.1. The molecule has 3 rings (SSSR count). The summed E-state index contributed by atoms with van der Waals surface area (Å²) in [5.41, 5.74) is 5.50. The molecule has 1 aromatic heterocycles. The van der Waals surface area contributed by atoms with E-state index in [-0.39, 0.29) is 24.0 Å². The van der Waals surface area contributed by atoms with E-state index in [2.05, 4.69) is 4.98 Å². The van der Waals surface area contributed by atoms with Crippen LogP contribution in [0.25, 0.3) is 22.0 Å². The SMILES string of the molecule is COc1nc(-c2ccc3cccc(F)c3c2)ccc1C(O)(CC(N)=O)C(C)C. The van der Waals surface area contributed by atoms with Crippen molar-refractivity contribution >= 4 is 16.7 Å². The largest absolute Gasteiger partial charge is 0.481 e. The van der Waals surface area contributed by atoms with Gasteiger partial charge in [-0.25, -0.2) is 9.37 Å². The first-order valence-electron chi connectivity index (χ1n) is 9.01. The summed E-state index contributed by atoms with van der Waals surface area (Å²) in [6.07, 6.45) is -0.247. The van der Waals surface area contributed by atoms with E-state index >= 15 is 0 Å². The predicted octanol–water partition coefficient (Wildman–Crippen LogP) is 3.77. The first-order chi connectivity index (χ1) is 13.3. The van der Waals surface area contributed by atoms with Crippen LogP contribution < -0.4 is 10.5 Å². The highest BCUT2D eigenvalue weighted by Crippen LogP contribution is 2.39.